The number of hydrogen-bond acceptors (Lipinski definition) is 7. The minimum absolute atomic E-state index is 0.522. The Labute approximate surface area is 191 Å². The fourth-order valence-electron chi connectivity index (χ4n) is 3.95. The van der Waals surface area contributed by atoms with E-state index in [9.17, 15) is 0 Å². The summed E-state index contributed by atoms with van der Waals surface area (Å²) in [5.41, 5.74) is 4.48. The first-order valence-electron chi connectivity index (χ1n) is 11.7. The van der Waals surface area contributed by atoms with Gasteiger partial charge < -0.3 is 19.1 Å². The van der Waals surface area contributed by atoms with Gasteiger partial charge in [0, 0.05) is 50.7 Å². The van der Waals surface area contributed by atoms with E-state index in [0.717, 1.165) is 82.5 Å². The van der Waals surface area contributed by atoms with Gasteiger partial charge in [-0.05, 0) is 23.6 Å². The predicted octanol–water partition coefficient (Wildman–Crippen LogP) is 2.81. The maximum Gasteiger partial charge on any atom is 0.215 e. The molecule has 0 N–H and O–H groups in total. The summed E-state index contributed by atoms with van der Waals surface area (Å²) in [6.45, 7) is 11.0. The summed E-state index contributed by atoms with van der Waals surface area (Å²) in [6.07, 6.45) is 2.96. The van der Waals surface area contributed by atoms with Gasteiger partial charge in [0.05, 0.1) is 38.7 Å². The maximum absolute atomic E-state index is 6.07. The quantitative estimate of drug-likeness (QED) is 0.561. The highest BCUT2D eigenvalue weighted by atomic mass is 16.5. The molecule has 7 nitrogen and oxygen atoms in total. The van der Waals surface area contributed by atoms with Gasteiger partial charge in [-0.15, -0.1) is 0 Å². The van der Waals surface area contributed by atoms with Crippen LogP contribution in [0.3, 0.4) is 0 Å². The highest BCUT2D eigenvalue weighted by Gasteiger charge is 2.15. The average Bonchev–Trinajstić information content (AvgIpc) is 2.85. The summed E-state index contributed by atoms with van der Waals surface area (Å²) >= 11 is 0. The highest BCUT2D eigenvalue weighted by molar-refractivity contribution is 5.79. The molecule has 1 aromatic carbocycles. The lowest BCUT2D eigenvalue weighted by atomic mass is 10.1. The van der Waals surface area contributed by atoms with Crippen LogP contribution in [0.2, 0.25) is 0 Å². The fourth-order valence-corrected chi connectivity index (χ4v) is 3.95. The lowest BCUT2D eigenvalue weighted by Crippen LogP contribution is -2.38. The number of morpholine rings is 2. The zero-order valence-electron chi connectivity index (χ0n) is 19.0. The van der Waals surface area contributed by atoms with Crippen LogP contribution in [0.4, 0.5) is 5.69 Å². The lowest BCUT2D eigenvalue weighted by Gasteiger charge is -2.29. The number of ether oxygens (including phenoxy) is 3. The van der Waals surface area contributed by atoms with E-state index in [1.165, 1.54) is 5.56 Å². The first kappa shape index (κ1) is 22.7. The van der Waals surface area contributed by atoms with E-state index in [1.54, 1.807) is 0 Å². The molecule has 3 heterocycles. The normalized spacial score (nSPS) is 17.7. The summed E-state index contributed by atoms with van der Waals surface area (Å²) < 4.78 is 17.0. The third-order valence-electron chi connectivity index (χ3n) is 5.83. The number of nitrogens with zero attached hydrogens (tertiary/aromatic N) is 4. The van der Waals surface area contributed by atoms with Crippen LogP contribution in [-0.2, 0) is 22.4 Å². The smallest absolute Gasteiger partial charge is 0.215 e. The van der Waals surface area contributed by atoms with Crippen LogP contribution < -0.4 is 9.64 Å². The molecule has 0 bridgehead atoms. The molecule has 0 atom stereocenters. The molecule has 0 saturated carbocycles. The van der Waals surface area contributed by atoms with Crippen LogP contribution in [0.1, 0.15) is 23.7 Å². The molecule has 2 aliphatic rings. The van der Waals surface area contributed by atoms with Crippen molar-refractivity contribution in [1.82, 2.24) is 9.88 Å². The van der Waals surface area contributed by atoms with Crippen molar-refractivity contribution in [3.63, 3.8) is 0 Å². The number of hydrogen-bond donors (Lipinski definition) is 0. The molecule has 2 saturated heterocycles. The molecular weight excluding hydrogens is 404 g/mol. The number of pyridine rings is 1. The zero-order valence-corrected chi connectivity index (χ0v) is 19.0. The van der Waals surface area contributed by atoms with Gasteiger partial charge in [0.1, 0.15) is 6.61 Å². The largest absolute Gasteiger partial charge is 0.476 e. The van der Waals surface area contributed by atoms with Crippen LogP contribution in [0.15, 0.2) is 41.4 Å². The molecule has 0 spiro atoms. The van der Waals surface area contributed by atoms with Crippen LogP contribution in [0, 0.1) is 0 Å². The van der Waals surface area contributed by atoms with E-state index in [4.69, 9.17) is 19.2 Å². The van der Waals surface area contributed by atoms with Crippen molar-refractivity contribution in [1.29, 1.82) is 0 Å². The third kappa shape index (κ3) is 6.76. The van der Waals surface area contributed by atoms with Crippen LogP contribution in [0.5, 0.6) is 5.88 Å². The van der Waals surface area contributed by atoms with E-state index in [0.29, 0.717) is 19.0 Å². The van der Waals surface area contributed by atoms with E-state index in [1.807, 2.05) is 12.3 Å². The molecule has 0 radical (unpaired) electrons. The Morgan fingerprint density at radius 1 is 1.03 bits per heavy atom. The van der Waals surface area contributed by atoms with Crippen LogP contribution in [-0.4, -0.2) is 81.9 Å². The van der Waals surface area contributed by atoms with Crippen molar-refractivity contribution < 1.29 is 14.2 Å². The first-order chi connectivity index (χ1) is 15.8. The molecule has 172 valence electrons. The molecule has 1 aromatic heterocycles. The standard InChI is InChI=1S/C25H34N4O3/c1-2-21-4-3-5-22(16-21)19-26-20-23-17-24(29-9-13-31-14-10-29)18-25(27-23)32-15-8-28-6-11-30-12-7-28/h3-5,16-19H,2,6-15,20H2,1H3. The average molecular weight is 439 g/mol. The summed E-state index contributed by atoms with van der Waals surface area (Å²) in [5.74, 6) is 0.667. The van der Waals surface area contributed by atoms with Gasteiger partial charge in [-0.1, -0.05) is 31.2 Å². The third-order valence-corrected chi connectivity index (χ3v) is 5.83. The summed E-state index contributed by atoms with van der Waals surface area (Å²) in [7, 11) is 0. The van der Waals surface area contributed by atoms with Gasteiger partial charge >= 0.3 is 0 Å². The minimum Gasteiger partial charge on any atom is -0.476 e. The van der Waals surface area contributed by atoms with Gasteiger partial charge in [0.2, 0.25) is 5.88 Å². The fraction of sp³-hybridized carbons (Fsp3) is 0.520. The van der Waals surface area contributed by atoms with E-state index in [-0.39, 0.29) is 0 Å². The SMILES string of the molecule is CCc1cccc(C=NCc2cc(N3CCOCC3)cc(OCCN3CCOCC3)n2)c1. The molecule has 7 heteroatoms. The topological polar surface area (TPSA) is 59.4 Å². The second-order valence-corrected chi connectivity index (χ2v) is 8.13. The van der Waals surface area contributed by atoms with Crippen molar-refractivity contribution >= 4 is 11.9 Å². The highest BCUT2D eigenvalue weighted by Crippen LogP contribution is 2.23. The van der Waals surface area contributed by atoms with Gasteiger partial charge in [0.15, 0.2) is 0 Å². The Hall–Kier alpha value is -2.48. The number of rotatable bonds is 9. The lowest BCUT2D eigenvalue weighted by molar-refractivity contribution is 0.0320. The van der Waals surface area contributed by atoms with Gasteiger partial charge in [0.25, 0.3) is 0 Å². The van der Waals surface area contributed by atoms with E-state index in [2.05, 4.69) is 52.0 Å². The number of aryl methyl sites for hydroxylation is 1. The Bertz CT molecular complexity index is 877. The second kappa shape index (κ2) is 11.9. The molecule has 2 fully saturated rings. The van der Waals surface area contributed by atoms with Crippen molar-refractivity contribution in [3.8, 4) is 5.88 Å². The zero-order chi connectivity index (χ0) is 22.0. The van der Waals surface area contributed by atoms with Gasteiger partial charge in [-0.3, -0.25) is 9.89 Å². The van der Waals surface area contributed by atoms with Crippen molar-refractivity contribution in [2.75, 3.05) is 70.7 Å². The predicted molar refractivity (Wildman–Crippen MR) is 127 cm³/mol. The first-order valence-corrected chi connectivity index (χ1v) is 11.7. The molecular formula is C25H34N4O3. The van der Waals surface area contributed by atoms with Gasteiger partial charge in [-0.25, -0.2) is 4.98 Å². The second-order valence-electron chi connectivity index (χ2n) is 8.13. The number of aromatic nitrogens is 1. The van der Waals surface area contributed by atoms with Gasteiger partial charge in [-0.2, -0.15) is 0 Å². The maximum atomic E-state index is 6.07. The molecule has 0 amide bonds. The summed E-state index contributed by atoms with van der Waals surface area (Å²) in [5, 5.41) is 0. The molecule has 32 heavy (non-hydrogen) atoms. The Morgan fingerprint density at radius 2 is 1.81 bits per heavy atom. The minimum atomic E-state index is 0.522. The van der Waals surface area contributed by atoms with E-state index >= 15 is 0 Å². The molecule has 2 aliphatic heterocycles. The van der Waals surface area contributed by atoms with E-state index < -0.39 is 0 Å². The van der Waals surface area contributed by atoms with Crippen LogP contribution >= 0.6 is 0 Å². The summed E-state index contributed by atoms with van der Waals surface area (Å²) in [6, 6.07) is 12.7. The summed E-state index contributed by atoms with van der Waals surface area (Å²) in [4.78, 5) is 14.1. The van der Waals surface area contributed by atoms with Crippen LogP contribution in [0.25, 0.3) is 0 Å². The molecule has 0 aliphatic carbocycles. The van der Waals surface area contributed by atoms with Crippen molar-refractivity contribution in [3.05, 3.63) is 53.2 Å². The monoisotopic (exact) mass is 438 g/mol. The van der Waals surface area contributed by atoms with Crippen molar-refractivity contribution in [2.45, 2.75) is 19.9 Å². The Morgan fingerprint density at radius 3 is 2.59 bits per heavy atom. The Balaban J connectivity index is 1.43. The molecule has 4 rings (SSSR count). The molecule has 2 aromatic rings. The Kier molecular flexibility index (Phi) is 8.48. The number of benzene rings is 1. The number of anilines is 1. The number of aliphatic imine (C=N–C) groups is 1. The molecule has 0 unspecified atom stereocenters. The van der Waals surface area contributed by atoms with Crippen molar-refractivity contribution in [2.24, 2.45) is 4.99 Å².